The lowest BCUT2D eigenvalue weighted by Gasteiger charge is -2.26. The van der Waals surface area contributed by atoms with Crippen molar-refractivity contribution < 1.29 is 9.53 Å². The number of hydrogen-bond donors (Lipinski definition) is 1. The second-order valence-electron chi connectivity index (χ2n) is 5.89. The molecule has 2 aromatic heterocycles. The molecule has 1 aliphatic rings. The van der Waals surface area contributed by atoms with Gasteiger partial charge in [0.15, 0.2) is 11.0 Å². The topological polar surface area (TPSA) is 76.0 Å². The minimum Gasteiger partial charge on any atom is -0.378 e. The number of fused-ring (bicyclic) bond motifs is 1. The van der Waals surface area contributed by atoms with Crippen LogP contribution in [0.4, 0.5) is 0 Å². The summed E-state index contributed by atoms with van der Waals surface area (Å²) >= 11 is 1.42. The first kappa shape index (κ1) is 16.2. The Morgan fingerprint density at radius 2 is 2.08 bits per heavy atom. The van der Waals surface area contributed by atoms with Gasteiger partial charge in [-0.25, -0.2) is 0 Å². The number of nitrogens with zero attached hydrogens (tertiary/aromatic N) is 4. The molecule has 1 aromatic carbocycles. The zero-order chi connectivity index (χ0) is 17.2. The van der Waals surface area contributed by atoms with E-state index in [1.165, 1.54) is 11.8 Å². The molecule has 0 unspecified atom stereocenters. The first-order chi connectivity index (χ1) is 12.2. The molecule has 0 radical (unpaired) electrons. The molecule has 1 amide bonds. The molecular formula is C17H19N5O2S. The van der Waals surface area contributed by atoms with Gasteiger partial charge in [-0.15, -0.1) is 10.2 Å². The third-order valence-electron chi connectivity index (χ3n) is 4.35. The van der Waals surface area contributed by atoms with Gasteiger partial charge >= 0.3 is 0 Å². The Morgan fingerprint density at radius 3 is 2.92 bits per heavy atom. The highest BCUT2D eigenvalue weighted by molar-refractivity contribution is 7.99. The molecule has 0 spiro atoms. The molecule has 0 saturated carbocycles. The first-order valence-corrected chi connectivity index (χ1v) is 9.17. The van der Waals surface area contributed by atoms with Crippen LogP contribution in [0.5, 0.6) is 0 Å². The summed E-state index contributed by atoms with van der Waals surface area (Å²) in [6, 6.07) is 8.10. The molecule has 1 fully saturated rings. The maximum absolute atomic E-state index is 12.3. The summed E-state index contributed by atoms with van der Waals surface area (Å²) in [5, 5.41) is 10.4. The summed E-state index contributed by atoms with van der Waals surface area (Å²) < 4.78 is 7.22. The normalized spacial score (nSPS) is 15.0. The molecule has 3 aromatic rings. The highest BCUT2D eigenvalue weighted by atomic mass is 32.2. The number of aromatic nitrogens is 4. The average Bonchev–Trinajstić information content (AvgIpc) is 3.24. The summed E-state index contributed by atoms with van der Waals surface area (Å²) in [6.07, 6.45) is 1.95. The summed E-state index contributed by atoms with van der Waals surface area (Å²) in [7, 11) is 1.93. The molecule has 1 aliphatic heterocycles. The van der Waals surface area contributed by atoms with Crippen molar-refractivity contribution in [2.75, 3.05) is 32.1 Å². The van der Waals surface area contributed by atoms with Crippen LogP contribution in [0.3, 0.4) is 0 Å². The van der Waals surface area contributed by atoms with Crippen LogP contribution < -0.4 is 0 Å². The number of nitrogens with one attached hydrogen (secondary N) is 1. The smallest absolute Gasteiger partial charge is 0.233 e. The molecule has 7 nitrogen and oxygen atoms in total. The molecule has 1 N–H and O–H groups in total. The quantitative estimate of drug-likeness (QED) is 0.722. The van der Waals surface area contributed by atoms with E-state index in [4.69, 9.17) is 4.74 Å². The van der Waals surface area contributed by atoms with Crippen LogP contribution in [-0.4, -0.2) is 62.6 Å². The van der Waals surface area contributed by atoms with Crippen molar-refractivity contribution in [3.8, 4) is 11.4 Å². The van der Waals surface area contributed by atoms with Crippen LogP contribution in [0.2, 0.25) is 0 Å². The fraction of sp³-hybridized carbons (Fsp3) is 0.353. The van der Waals surface area contributed by atoms with Crippen LogP contribution in [0.15, 0.2) is 35.6 Å². The highest BCUT2D eigenvalue weighted by Gasteiger charge is 2.19. The van der Waals surface area contributed by atoms with Gasteiger partial charge in [0.1, 0.15) is 0 Å². The van der Waals surface area contributed by atoms with E-state index in [0.717, 1.165) is 27.4 Å². The number of carbonyl (C=O) groups is 1. The lowest BCUT2D eigenvalue weighted by molar-refractivity contribution is -0.132. The summed E-state index contributed by atoms with van der Waals surface area (Å²) in [5.74, 6) is 1.27. The van der Waals surface area contributed by atoms with Crippen molar-refractivity contribution in [1.29, 1.82) is 0 Å². The zero-order valence-electron chi connectivity index (χ0n) is 13.9. The van der Waals surface area contributed by atoms with Gasteiger partial charge in [-0.2, -0.15) is 0 Å². The van der Waals surface area contributed by atoms with Crippen molar-refractivity contribution in [3.05, 3.63) is 30.5 Å². The molecule has 0 atom stereocenters. The third-order valence-corrected chi connectivity index (χ3v) is 5.36. The Hall–Kier alpha value is -2.32. The van der Waals surface area contributed by atoms with Crippen LogP contribution in [-0.2, 0) is 16.6 Å². The van der Waals surface area contributed by atoms with Crippen LogP contribution >= 0.6 is 11.8 Å². The van der Waals surface area contributed by atoms with Gasteiger partial charge in [0, 0.05) is 42.8 Å². The van der Waals surface area contributed by atoms with Crippen LogP contribution in [0, 0.1) is 0 Å². The molecule has 25 heavy (non-hydrogen) atoms. The number of thioether (sulfide) groups is 1. The Bertz CT molecular complexity index is 897. The molecule has 4 rings (SSSR count). The van der Waals surface area contributed by atoms with Gasteiger partial charge < -0.3 is 19.2 Å². The van der Waals surface area contributed by atoms with E-state index in [-0.39, 0.29) is 5.91 Å². The van der Waals surface area contributed by atoms with Crippen LogP contribution in [0.1, 0.15) is 0 Å². The summed E-state index contributed by atoms with van der Waals surface area (Å²) in [4.78, 5) is 17.4. The fourth-order valence-electron chi connectivity index (χ4n) is 2.96. The monoisotopic (exact) mass is 357 g/mol. The molecular weight excluding hydrogens is 338 g/mol. The van der Waals surface area contributed by atoms with E-state index in [9.17, 15) is 4.79 Å². The molecule has 0 aliphatic carbocycles. The summed E-state index contributed by atoms with van der Waals surface area (Å²) in [5.41, 5.74) is 2.08. The van der Waals surface area contributed by atoms with E-state index in [1.807, 2.05) is 40.9 Å². The number of H-pyrrole nitrogens is 1. The molecule has 130 valence electrons. The van der Waals surface area contributed by atoms with Crippen molar-refractivity contribution in [2.45, 2.75) is 5.16 Å². The van der Waals surface area contributed by atoms with E-state index in [1.54, 1.807) is 0 Å². The van der Waals surface area contributed by atoms with Crippen molar-refractivity contribution >= 4 is 28.6 Å². The molecule has 8 heteroatoms. The maximum atomic E-state index is 12.3. The van der Waals surface area contributed by atoms with Gasteiger partial charge in [0.2, 0.25) is 5.91 Å². The van der Waals surface area contributed by atoms with E-state index < -0.39 is 0 Å². The second kappa shape index (κ2) is 6.89. The van der Waals surface area contributed by atoms with Gasteiger partial charge in [0.25, 0.3) is 0 Å². The maximum Gasteiger partial charge on any atom is 0.233 e. The zero-order valence-corrected chi connectivity index (χ0v) is 14.8. The number of amides is 1. The third kappa shape index (κ3) is 3.14. The number of carbonyl (C=O) groups excluding carboxylic acids is 1. The largest absolute Gasteiger partial charge is 0.378 e. The molecule has 0 bridgehead atoms. The standard InChI is InChI=1S/C17H19N5O2S/c1-21-16(13-10-18-14-5-3-2-4-12(13)14)19-20-17(21)25-11-15(23)22-6-8-24-9-7-22/h2-5,10,18H,6-9,11H2,1H3. The number of benzene rings is 1. The Balaban J connectivity index is 1.50. The number of hydrogen-bond acceptors (Lipinski definition) is 5. The first-order valence-electron chi connectivity index (χ1n) is 8.18. The van der Waals surface area contributed by atoms with Crippen molar-refractivity contribution in [1.82, 2.24) is 24.6 Å². The number of rotatable bonds is 4. The minimum atomic E-state index is 0.116. The van der Waals surface area contributed by atoms with Crippen LogP contribution in [0.25, 0.3) is 22.3 Å². The predicted molar refractivity (Wildman–Crippen MR) is 96.4 cm³/mol. The molecule has 1 saturated heterocycles. The average molecular weight is 357 g/mol. The van der Waals surface area contributed by atoms with E-state index in [2.05, 4.69) is 21.2 Å². The van der Waals surface area contributed by atoms with Crippen molar-refractivity contribution in [3.63, 3.8) is 0 Å². The van der Waals surface area contributed by atoms with Gasteiger partial charge in [-0.1, -0.05) is 30.0 Å². The Labute approximate surface area is 149 Å². The number of ether oxygens (including phenoxy) is 1. The number of morpholine rings is 1. The lowest BCUT2D eigenvalue weighted by Crippen LogP contribution is -2.41. The lowest BCUT2D eigenvalue weighted by atomic mass is 10.1. The minimum absolute atomic E-state index is 0.116. The summed E-state index contributed by atoms with van der Waals surface area (Å²) in [6.45, 7) is 2.56. The Morgan fingerprint density at radius 1 is 1.28 bits per heavy atom. The Kier molecular flexibility index (Phi) is 4.46. The number of para-hydroxylation sites is 1. The number of aromatic amines is 1. The van der Waals surface area contributed by atoms with E-state index in [0.29, 0.717) is 32.1 Å². The second-order valence-corrected chi connectivity index (χ2v) is 6.84. The fourth-order valence-corrected chi connectivity index (χ4v) is 3.78. The highest BCUT2D eigenvalue weighted by Crippen LogP contribution is 2.29. The SMILES string of the molecule is Cn1c(SCC(=O)N2CCOCC2)nnc1-c1c[nH]c2ccccc12. The van der Waals surface area contributed by atoms with Gasteiger partial charge in [0.05, 0.1) is 19.0 Å². The van der Waals surface area contributed by atoms with Crippen molar-refractivity contribution in [2.24, 2.45) is 7.05 Å². The van der Waals surface area contributed by atoms with Gasteiger partial charge in [-0.3, -0.25) is 4.79 Å². The van der Waals surface area contributed by atoms with Gasteiger partial charge in [-0.05, 0) is 6.07 Å². The molecule has 3 heterocycles. The predicted octanol–water partition coefficient (Wildman–Crippen LogP) is 1.91. The van der Waals surface area contributed by atoms with E-state index >= 15 is 0 Å².